The van der Waals surface area contributed by atoms with Crippen molar-refractivity contribution in [1.82, 2.24) is 0 Å². The second kappa shape index (κ2) is 9.56. The van der Waals surface area contributed by atoms with Gasteiger partial charge in [-0.2, -0.15) is 0 Å². The fourth-order valence-electron chi connectivity index (χ4n) is 3.10. The summed E-state index contributed by atoms with van der Waals surface area (Å²) in [5.41, 5.74) is -2.55. The first kappa shape index (κ1) is 24.5. The molecule has 2 aromatic rings. The number of carbonyl (C=O) groups excluding carboxylic acids is 1. The standard InChI is InChI=1S/C20H23NO8S2/c1-3-20(21(23)24,19(22)29-4-2)15-18(30(25,26)16-11-7-5-8-12-16)31(27,28)17-13-9-6-10-14-17/h5-14,18H,3-4,15H2,1-2H3/t20-/m1/s1. The van der Waals surface area contributed by atoms with Gasteiger partial charge in [0.1, 0.15) is 0 Å². The van der Waals surface area contributed by atoms with Crippen LogP contribution >= 0.6 is 0 Å². The van der Waals surface area contributed by atoms with E-state index in [-0.39, 0.29) is 16.4 Å². The van der Waals surface area contributed by atoms with Crippen LogP contribution < -0.4 is 0 Å². The van der Waals surface area contributed by atoms with Crippen molar-refractivity contribution in [1.29, 1.82) is 0 Å². The van der Waals surface area contributed by atoms with E-state index in [2.05, 4.69) is 0 Å². The Bertz CT molecular complexity index is 1060. The summed E-state index contributed by atoms with van der Waals surface area (Å²) >= 11 is 0. The van der Waals surface area contributed by atoms with E-state index in [1.54, 1.807) is 12.1 Å². The van der Waals surface area contributed by atoms with Crippen LogP contribution in [0.1, 0.15) is 26.7 Å². The van der Waals surface area contributed by atoms with E-state index in [1.807, 2.05) is 0 Å². The van der Waals surface area contributed by atoms with Crippen molar-refractivity contribution in [2.45, 2.75) is 46.6 Å². The molecule has 0 N–H and O–H groups in total. The lowest BCUT2D eigenvalue weighted by Gasteiger charge is -2.26. The van der Waals surface area contributed by atoms with Crippen molar-refractivity contribution in [2.75, 3.05) is 6.61 Å². The van der Waals surface area contributed by atoms with Crippen LogP contribution in [0.3, 0.4) is 0 Å². The smallest absolute Gasteiger partial charge is 0.384 e. The second-order valence-electron chi connectivity index (χ2n) is 6.71. The minimum absolute atomic E-state index is 0.185. The van der Waals surface area contributed by atoms with Crippen LogP contribution in [0.5, 0.6) is 0 Å². The molecule has 0 aliphatic rings. The number of esters is 1. The lowest BCUT2D eigenvalue weighted by Crippen LogP contribution is -2.52. The first-order valence-corrected chi connectivity index (χ1v) is 12.5. The Morgan fingerprint density at radius 2 is 1.35 bits per heavy atom. The molecule has 0 amide bonds. The minimum Gasteiger partial charge on any atom is -0.461 e. The molecule has 0 heterocycles. The third-order valence-electron chi connectivity index (χ3n) is 4.93. The summed E-state index contributed by atoms with van der Waals surface area (Å²) in [6, 6.07) is 13.5. The largest absolute Gasteiger partial charge is 0.461 e. The molecule has 31 heavy (non-hydrogen) atoms. The molecule has 0 aromatic heterocycles. The SMILES string of the molecule is CCOC(=O)[C@@](CC)(CC(S(=O)(=O)c1ccccc1)S(=O)(=O)c1ccccc1)[N+](=O)[O-]. The Balaban J connectivity index is 2.76. The van der Waals surface area contributed by atoms with Crippen LogP contribution in [0, 0.1) is 10.1 Å². The fourth-order valence-corrected chi connectivity index (χ4v) is 7.77. The molecule has 0 bridgehead atoms. The highest BCUT2D eigenvalue weighted by Crippen LogP contribution is 2.34. The number of nitrogens with zero attached hydrogens (tertiary/aromatic N) is 1. The van der Waals surface area contributed by atoms with E-state index in [0.29, 0.717) is 0 Å². The number of hydrogen-bond donors (Lipinski definition) is 0. The number of ether oxygens (including phenoxy) is 1. The summed E-state index contributed by atoms with van der Waals surface area (Å²) in [5.74, 6) is -1.28. The molecule has 11 heteroatoms. The van der Waals surface area contributed by atoms with Gasteiger partial charge in [-0.15, -0.1) is 0 Å². The lowest BCUT2D eigenvalue weighted by atomic mass is 9.94. The molecule has 0 saturated carbocycles. The molecule has 0 unspecified atom stereocenters. The Kier molecular flexibility index (Phi) is 7.55. The van der Waals surface area contributed by atoms with Gasteiger partial charge >= 0.3 is 11.5 Å². The van der Waals surface area contributed by atoms with Crippen molar-refractivity contribution in [3.8, 4) is 0 Å². The van der Waals surface area contributed by atoms with Gasteiger partial charge < -0.3 is 4.74 Å². The summed E-state index contributed by atoms with van der Waals surface area (Å²) in [4.78, 5) is 22.9. The van der Waals surface area contributed by atoms with Gasteiger partial charge in [0.2, 0.25) is 0 Å². The summed E-state index contributed by atoms with van der Waals surface area (Å²) in [5, 5.41) is 11.9. The molecule has 0 fully saturated rings. The van der Waals surface area contributed by atoms with Crippen LogP contribution in [0.25, 0.3) is 0 Å². The zero-order valence-electron chi connectivity index (χ0n) is 17.0. The first-order valence-electron chi connectivity index (χ1n) is 9.43. The van der Waals surface area contributed by atoms with Gasteiger partial charge in [0.05, 0.1) is 22.8 Å². The fraction of sp³-hybridized carbons (Fsp3) is 0.350. The monoisotopic (exact) mass is 469 g/mol. The maximum atomic E-state index is 13.4. The second-order valence-corrected chi connectivity index (χ2v) is 11.3. The molecule has 0 saturated heterocycles. The van der Waals surface area contributed by atoms with Crippen molar-refractivity contribution >= 4 is 25.6 Å². The normalized spacial score (nSPS) is 14.0. The van der Waals surface area contributed by atoms with Gasteiger partial charge in [0.15, 0.2) is 24.3 Å². The molecule has 2 rings (SSSR count). The summed E-state index contributed by atoms with van der Waals surface area (Å²) in [7, 11) is -9.26. The van der Waals surface area contributed by atoms with Gasteiger partial charge in [-0.1, -0.05) is 43.3 Å². The Labute approximate surface area is 181 Å². The highest BCUT2D eigenvalue weighted by molar-refractivity contribution is 8.09. The molecule has 0 aliphatic heterocycles. The van der Waals surface area contributed by atoms with Crippen LogP contribution in [-0.2, 0) is 29.2 Å². The van der Waals surface area contributed by atoms with Gasteiger partial charge in [0.25, 0.3) is 0 Å². The van der Waals surface area contributed by atoms with Gasteiger partial charge in [-0.25, -0.2) is 21.6 Å². The van der Waals surface area contributed by atoms with Crippen LogP contribution in [0.2, 0.25) is 0 Å². The predicted molar refractivity (Wildman–Crippen MR) is 112 cm³/mol. The zero-order valence-corrected chi connectivity index (χ0v) is 18.6. The molecule has 0 aliphatic carbocycles. The molecular formula is C20H23NO8S2. The molecule has 1 atom stereocenters. The summed E-state index contributed by atoms with van der Waals surface area (Å²) < 4.78 is 56.1. The van der Waals surface area contributed by atoms with Gasteiger partial charge in [-0.3, -0.25) is 10.1 Å². The maximum absolute atomic E-state index is 13.4. The highest BCUT2D eigenvalue weighted by atomic mass is 32.3. The highest BCUT2D eigenvalue weighted by Gasteiger charge is 2.57. The Morgan fingerprint density at radius 3 is 1.68 bits per heavy atom. The van der Waals surface area contributed by atoms with E-state index in [4.69, 9.17) is 4.74 Å². The van der Waals surface area contributed by atoms with Crippen molar-refractivity contribution in [3.63, 3.8) is 0 Å². The summed E-state index contributed by atoms with van der Waals surface area (Å²) in [6.07, 6.45) is -1.55. The zero-order chi connectivity index (χ0) is 23.3. The van der Waals surface area contributed by atoms with E-state index in [0.717, 1.165) is 0 Å². The van der Waals surface area contributed by atoms with E-state index >= 15 is 0 Å². The number of sulfone groups is 2. The number of rotatable bonds is 10. The van der Waals surface area contributed by atoms with E-state index in [1.165, 1.54) is 62.4 Å². The van der Waals surface area contributed by atoms with Crippen molar-refractivity contribution in [2.24, 2.45) is 0 Å². The van der Waals surface area contributed by atoms with Crippen molar-refractivity contribution < 1.29 is 31.3 Å². The Morgan fingerprint density at radius 1 is 0.935 bits per heavy atom. The minimum atomic E-state index is -4.63. The maximum Gasteiger partial charge on any atom is 0.384 e. The first-order chi connectivity index (χ1) is 14.5. The third kappa shape index (κ3) is 4.77. The molecule has 0 radical (unpaired) electrons. The van der Waals surface area contributed by atoms with Gasteiger partial charge in [-0.05, 0) is 31.2 Å². The van der Waals surface area contributed by atoms with E-state index in [9.17, 15) is 31.7 Å². The molecule has 2 aromatic carbocycles. The van der Waals surface area contributed by atoms with Gasteiger partial charge in [0, 0.05) is 11.3 Å². The molecular weight excluding hydrogens is 446 g/mol. The van der Waals surface area contributed by atoms with Crippen LogP contribution in [0.15, 0.2) is 70.5 Å². The average molecular weight is 470 g/mol. The average Bonchev–Trinajstić information content (AvgIpc) is 2.75. The number of hydrogen-bond acceptors (Lipinski definition) is 8. The van der Waals surface area contributed by atoms with Crippen molar-refractivity contribution in [3.05, 3.63) is 70.8 Å². The number of nitro groups is 1. The molecule has 168 valence electrons. The quantitative estimate of drug-likeness (QED) is 0.294. The lowest BCUT2D eigenvalue weighted by molar-refractivity contribution is -0.556. The van der Waals surface area contributed by atoms with Crippen LogP contribution in [-0.4, -0.2) is 44.5 Å². The summed E-state index contributed by atoms with van der Waals surface area (Å²) in [6.45, 7) is 2.56. The number of carbonyl (C=O) groups is 1. The predicted octanol–water partition coefficient (Wildman–Crippen LogP) is 2.64. The molecule has 9 nitrogen and oxygen atoms in total. The van der Waals surface area contributed by atoms with E-state index < -0.39 is 53.5 Å². The Hall–Kier alpha value is -2.79. The molecule has 0 spiro atoms. The topological polar surface area (TPSA) is 138 Å². The third-order valence-corrected chi connectivity index (χ3v) is 10.0. The number of benzene rings is 2. The van der Waals surface area contributed by atoms with Crippen LogP contribution in [0.4, 0.5) is 0 Å².